The van der Waals surface area contributed by atoms with Crippen molar-refractivity contribution < 1.29 is 19.4 Å². The Balaban J connectivity index is 2.20. The number of nitrogens with one attached hydrogen (secondary N) is 1. The summed E-state index contributed by atoms with van der Waals surface area (Å²) >= 11 is 0.988. The highest BCUT2D eigenvalue weighted by Gasteiger charge is 2.42. The molecule has 0 aromatic carbocycles. The van der Waals surface area contributed by atoms with Crippen LogP contribution in [-0.2, 0) is 9.53 Å². The number of carbonyl (C=O) groups is 2. The van der Waals surface area contributed by atoms with Gasteiger partial charge in [-0.2, -0.15) is 0 Å². The quantitative estimate of drug-likeness (QED) is 0.861. The van der Waals surface area contributed by atoms with E-state index in [9.17, 15) is 14.7 Å². The van der Waals surface area contributed by atoms with Crippen LogP contribution < -0.4 is 5.32 Å². The van der Waals surface area contributed by atoms with Gasteiger partial charge in [0.25, 0.3) is 5.91 Å². The molecule has 0 bridgehead atoms. The normalized spacial score (nSPS) is 17.9. The summed E-state index contributed by atoms with van der Waals surface area (Å²) < 4.78 is 8.96. The monoisotopic (exact) mass is 299 g/mol. The van der Waals surface area contributed by atoms with Crippen LogP contribution in [0, 0.1) is 0 Å². The van der Waals surface area contributed by atoms with Crippen LogP contribution in [0.25, 0.3) is 0 Å². The van der Waals surface area contributed by atoms with Gasteiger partial charge in [0.1, 0.15) is 10.4 Å². The lowest BCUT2D eigenvalue weighted by Gasteiger charge is -2.33. The number of hydrogen-bond donors (Lipinski definition) is 2. The molecule has 2 rings (SSSR count). The SMILES string of the molecule is CC(C)c1nnsc1C(=O)NC1(C(=O)O)CCOCC1. The highest BCUT2D eigenvalue weighted by molar-refractivity contribution is 7.08. The molecule has 0 spiro atoms. The van der Waals surface area contributed by atoms with Crippen molar-refractivity contribution in [3.63, 3.8) is 0 Å². The van der Waals surface area contributed by atoms with Crippen LogP contribution in [0.5, 0.6) is 0 Å². The molecule has 0 saturated carbocycles. The highest BCUT2D eigenvalue weighted by atomic mass is 32.1. The van der Waals surface area contributed by atoms with Gasteiger partial charge in [-0.05, 0) is 17.5 Å². The number of aromatic nitrogens is 2. The molecule has 0 radical (unpaired) electrons. The summed E-state index contributed by atoms with van der Waals surface area (Å²) in [5, 5.41) is 16.0. The predicted molar refractivity (Wildman–Crippen MR) is 71.9 cm³/mol. The van der Waals surface area contributed by atoms with Crippen LogP contribution in [0.15, 0.2) is 0 Å². The molecule has 1 aliphatic heterocycles. The van der Waals surface area contributed by atoms with Crippen LogP contribution in [0.1, 0.15) is 48.0 Å². The lowest BCUT2D eigenvalue weighted by molar-refractivity contribution is -0.148. The summed E-state index contributed by atoms with van der Waals surface area (Å²) in [6.07, 6.45) is 0.522. The van der Waals surface area contributed by atoms with Crippen LogP contribution >= 0.6 is 11.5 Å². The van der Waals surface area contributed by atoms with Gasteiger partial charge in [-0.3, -0.25) is 4.79 Å². The molecule has 0 unspecified atom stereocenters. The van der Waals surface area contributed by atoms with Gasteiger partial charge in [0.15, 0.2) is 0 Å². The predicted octanol–water partition coefficient (Wildman–Crippen LogP) is 1.03. The van der Waals surface area contributed by atoms with E-state index in [1.165, 1.54) is 0 Å². The smallest absolute Gasteiger partial charge is 0.329 e. The highest BCUT2D eigenvalue weighted by Crippen LogP contribution is 2.24. The van der Waals surface area contributed by atoms with Crippen molar-refractivity contribution in [2.24, 2.45) is 0 Å². The molecule has 2 N–H and O–H groups in total. The van der Waals surface area contributed by atoms with E-state index >= 15 is 0 Å². The van der Waals surface area contributed by atoms with E-state index in [0.29, 0.717) is 23.8 Å². The fourth-order valence-corrected chi connectivity index (χ4v) is 2.83. The van der Waals surface area contributed by atoms with Crippen LogP contribution in [0.2, 0.25) is 0 Å². The van der Waals surface area contributed by atoms with Crippen molar-refractivity contribution in [2.75, 3.05) is 13.2 Å². The maximum absolute atomic E-state index is 12.3. The van der Waals surface area contributed by atoms with Crippen molar-refractivity contribution in [3.8, 4) is 0 Å². The average Bonchev–Trinajstić information content (AvgIpc) is 2.89. The summed E-state index contributed by atoms with van der Waals surface area (Å²) in [5.41, 5.74) is -0.659. The molecule has 7 nitrogen and oxygen atoms in total. The lowest BCUT2D eigenvalue weighted by atomic mass is 9.90. The first-order valence-electron chi connectivity index (χ1n) is 6.42. The molecule has 0 aliphatic carbocycles. The number of nitrogens with zero attached hydrogens (tertiary/aromatic N) is 2. The second kappa shape index (κ2) is 5.84. The maximum atomic E-state index is 12.3. The number of rotatable bonds is 4. The van der Waals surface area contributed by atoms with Crippen LogP contribution in [0.4, 0.5) is 0 Å². The number of carbonyl (C=O) groups excluding carboxylic acids is 1. The molecule has 2 heterocycles. The van der Waals surface area contributed by atoms with Crippen LogP contribution in [-0.4, -0.2) is 45.3 Å². The van der Waals surface area contributed by atoms with Crippen LogP contribution in [0.3, 0.4) is 0 Å². The van der Waals surface area contributed by atoms with Gasteiger partial charge >= 0.3 is 5.97 Å². The topological polar surface area (TPSA) is 101 Å². The number of aliphatic carboxylic acids is 1. The van der Waals surface area contributed by atoms with Gasteiger partial charge in [0.2, 0.25) is 0 Å². The molecule has 1 aromatic heterocycles. The van der Waals surface area contributed by atoms with Crippen molar-refractivity contribution in [3.05, 3.63) is 10.6 Å². The summed E-state index contributed by atoms with van der Waals surface area (Å²) in [4.78, 5) is 24.2. The van der Waals surface area contributed by atoms with Crippen molar-refractivity contribution in [2.45, 2.75) is 38.1 Å². The second-order valence-corrected chi connectivity index (χ2v) is 5.85. The standard InChI is InChI=1S/C12H17N3O4S/c1-7(2)8-9(20-15-14-8)10(16)13-12(11(17)18)3-5-19-6-4-12/h7H,3-6H2,1-2H3,(H,13,16)(H,17,18). The van der Waals surface area contributed by atoms with Gasteiger partial charge in [-0.15, -0.1) is 5.10 Å². The zero-order chi connectivity index (χ0) is 14.8. The van der Waals surface area contributed by atoms with E-state index in [0.717, 1.165) is 11.5 Å². The number of carboxylic acids is 1. The maximum Gasteiger partial charge on any atom is 0.329 e. The van der Waals surface area contributed by atoms with Gasteiger partial charge in [-0.25, -0.2) is 4.79 Å². The number of ether oxygens (including phenoxy) is 1. The Labute approximate surface area is 120 Å². The van der Waals surface area contributed by atoms with E-state index < -0.39 is 17.4 Å². The van der Waals surface area contributed by atoms with E-state index in [1.54, 1.807) is 0 Å². The van der Waals surface area contributed by atoms with Crippen molar-refractivity contribution in [1.82, 2.24) is 14.9 Å². The molecule has 110 valence electrons. The first kappa shape index (κ1) is 14.9. The molecule has 1 aliphatic rings. The summed E-state index contributed by atoms with van der Waals surface area (Å²) in [6, 6.07) is 0. The fraction of sp³-hybridized carbons (Fsp3) is 0.667. The molecular weight excluding hydrogens is 282 g/mol. The molecule has 0 atom stereocenters. The minimum Gasteiger partial charge on any atom is -0.480 e. The number of amides is 1. The van der Waals surface area contributed by atoms with Gasteiger partial charge < -0.3 is 15.2 Å². The first-order valence-corrected chi connectivity index (χ1v) is 7.19. The second-order valence-electron chi connectivity index (χ2n) is 5.10. The van der Waals surface area contributed by atoms with Gasteiger partial charge in [-0.1, -0.05) is 18.3 Å². The minimum atomic E-state index is -1.26. The Hall–Kier alpha value is -1.54. The molecule has 1 saturated heterocycles. The summed E-state index contributed by atoms with van der Waals surface area (Å²) in [6.45, 7) is 4.47. The van der Waals surface area contributed by atoms with Crippen molar-refractivity contribution >= 4 is 23.4 Å². The van der Waals surface area contributed by atoms with Crippen molar-refractivity contribution in [1.29, 1.82) is 0 Å². The third-order valence-electron chi connectivity index (χ3n) is 3.37. The Kier molecular flexibility index (Phi) is 4.34. The Morgan fingerprint density at radius 3 is 2.60 bits per heavy atom. The summed E-state index contributed by atoms with van der Waals surface area (Å²) in [5.74, 6) is -1.39. The molecule has 1 aromatic rings. The third-order valence-corrected chi connectivity index (χ3v) is 4.12. The van der Waals surface area contributed by atoms with E-state index in [1.807, 2.05) is 13.8 Å². The van der Waals surface area contributed by atoms with E-state index in [4.69, 9.17) is 4.74 Å². The zero-order valence-corrected chi connectivity index (χ0v) is 12.2. The zero-order valence-electron chi connectivity index (χ0n) is 11.4. The number of carboxylic acid groups (broad SMARTS) is 1. The Morgan fingerprint density at radius 1 is 1.40 bits per heavy atom. The minimum absolute atomic E-state index is 0.0602. The van der Waals surface area contributed by atoms with Gasteiger partial charge in [0, 0.05) is 26.1 Å². The first-order chi connectivity index (χ1) is 9.46. The third kappa shape index (κ3) is 2.80. The molecular formula is C12H17N3O4S. The molecule has 8 heteroatoms. The molecule has 1 fully saturated rings. The Morgan fingerprint density at radius 2 is 2.05 bits per heavy atom. The molecule has 1 amide bonds. The summed E-state index contributed by atoms with van der Waals surface area (Å²) in [7, 11) is 0. The van der Waals surface area contributed by atoms with E-state index in [2.05, 4.69) is 14.9 Å². The lowest BCUT2D eigenvalue weighted by Crippen LogP contribution is -2.57. The average molecular weight is 299 g/mol. The Bertz CT molecular complexity index is 509. The molecule has 20 heavy (non-hydrogen) atoms. The fourth-order valence-electron chi connectivity index (χ4n) is 2.12. The van der Waals surface area contributed by atoms with Gasteiger partial charge in [0.05, 0.1) is 5.69 Å². The number of hydrogen-bond acceptors (Lipinski definition) is 6. The largest absolute Gasteiger partial charge is 0.480 e. The van der Waals surface area contributed by atoms with E-state index in [-0.39, 0.29) is 18.8 Å².